The zero-order valence-corrected chi connectivity index (χ0v) is 18.2. The summed E-state index contributed by atoms with van der Waals surface area (Å²) >= 11 is 0. The number of anilines is 3. The molecule has 174 valence electrons. The van der Waals surface area contributed by atoms with Crippen molar-refractivity contribution in [3.05, 3.63) is 59.9 Å². The number of rotatable bonds is 5. The van der Waals surface area contributed by atoms with Gasteiger partial charge in [-0.3, -0.25) is 4.90 Å². The Hall–Kier alpha value is -3.11. The molecule has 1 N–H and O–H groups in total. The van der Waals surface area contributed by atoms with Crippen LogP contribution >= 0.6 is 0 Å². The molecule has 0 aliphatic carbocycles. The fourth-order valence-electron chi connectivity index (χ4n) is 4.17. The molecule has 3 heterocycles. The van der Waals surface area contributed by atoms with Gasteiger partial charge in [-0.2, -0.15) is 18.2 Å². The van der Waals surface area contributed by atoms with Gasteiger partial charge in [0.1, 0.15) is 6.33 Å². The molecule has 33 heavy (non-hydrogen) atoms. The second-order valence-corrected chi connectivity index (χ2v) is 8.45. The third-order valence-corrected chi connectivity index (χ3v) is 6.09. The highest BCUT2D eigenvalue weighted by atomic mass is 19.4. The van der Waals surface area contributed by atoms with Crippen molar-refractivity contribution in [3.63, 3.8) is 0 Å². The third-order valence-electron chi connectivity index (χ3n) is 6.09. The first-order valence-corrected chi connectivity index (χ1v) is 10.9. The molecule has 0 bridgehead atoms. The molecule has 0 amide bonds. The van der Waals surface area contributed by atoms with Crippen molar-refractivity contribution in [3.8, 4) is 5.69 Å². The summed E-state index contributed by atoms with van der Waals surface area (Å²) in [6.07, 6.45) is -2.89. The van der Waals surface area contributed by atoms with Gasteiger partial charge in [-0.25, -0.2) is 4.68 Å². The van der Waals surface area contributed by atoms with Gasteiger partial charge < -0.3 is 15.0 Å². The largest absolute Gasteiger partial charge is 0.416 e. The van der Waals surface area contributed by atoms with Crippen LogP contribution in [0.2, 0.25) is 0 Å². The summed E-state index contributed by atoms with van der Waals surface area (Å²) in [5.74, 6) is 0.376. The fourth-order valence-corrected chi connectivity index (χ4v) is 4.17. The maximum absolute atomic E-state index is 12.8. The molecule has 0 unspecified atom stereocenters. The van der Waals surface area contributed by atoms with E-state index in [0.29, 0.717) is 17.7 Å². The molecule has 0 atom stereocenters. The molecule has 5 rings (SSSR count). The monoisotopic (exact) mass is 458 g/mol. The van der Waals surface area contributed by atoms with Crippen molar-refractivity contribution in [2.45, 2.75) is 19.1 Å². The lowest BCUT2D eigenvalue weighted by Gasteiger charge is -2.43. The second kappa shape index (κ2) is 8.68. The van der Waals surface area contributed by atoms with E-state index in [9.17, 15) is 13.2 Å². The summed E-state index contributed by atoms with van der Waals surface area (Å²) in [5, 5.41) is 7.58. The number of piperazine rings is 1. The van der Waals surface area contributed by atoms with Gasteiger partial charge in [0.2, 0.25) is 5.95 Å². The van der Waals surface area contributed by atoms with Crippen LogP contribution in [0, 0.1) is 6.92 Å². The van der Waals surface area contributed by atoms with Gasteiger partial charge in [-0.15, -0.1) is 5.10 Å². The number of hydrogen-bond donors (Lipinski definition) is 1. The fraction of sp³-hybridized carbons (Fsp3) is 0.391. The van der Waals surface area contributed by atoms with Crippen LogP contribution in [0.5, 0.6) is 0 Å². The van der Waals surface area contributed by atoms with E-state index >= 15 is 0 Å². The second-order valence-electron chi connectivity index (χ2n) is 8.45. The number of alkyl halides is 3. The Morgan fingerprint density at radius 3 is 2.33 bits per heavy atom. The number of nitrogens with zero attached hydrogens (tertiary/aromatic N) is 5. The Kier molecular flexibility index (Phi) is 5.71. The van der Waals surface area contributed by atoms with Crippen LogP contribution in [-0.2, 0) is 10.9 Å². The number of hydrogen-bond acceptors (Lipinski definition) is 6. The number of aromatic nitrogens is 3. The Bertz CT molecular complexity index is 1100. The minimum Gasteiger partial charge on any atom is -0.378 e. The first kappa shape index (κ1) is 21.7. The van der Waals surface area contributed by atoms with Crippen LogP contribution in [-0.4, -0.2) is 65.1 Å². The summed E-state index contributed by atoms with van der Waals surface area (Å²) in [4.78, 5) is 9.13. The molecule has 2 fully saturated rings. The number of ether oxygens (including phenoxy) is 1. The van der Waals surface area contributed by atoms with Crippen molar-refractivity contribution >= 4 is 17.3 Å². The maximum atomic E-state index is 12.8. The van der Waals surface area contributed by atoms with Gasteiger partial charge in [-0.05, 0) is 55.0 Å². The average Bonchev–Trinajstić information content (AvgIpc) is 3.20. The molecule has 0 spiro atoms. The summed E-state index contributed by atoms with van der Waals surface area (Å²) < 4.78 is 45.1. The van der Waals surface area contributed by atoms with Gasteiger partial charge in [-0.1, -0.05) is 0 Å². The Balaban J connectivity index is 1.26. The lowest BCUT2D eigenvalue weighted by molar-refractivity contribution is -0.137. The molecule has 1 aromatic heterocycles. The Morgan fingerprint density at radius 2 is 1.70 bits per heavy atom. The summed E-state index contributed by atoms with van der Waals surface area (Å²) in [6.45, 7) is 7.67. The molecule has 3 aromatic rings. The molecule has 2 saturated heterocycles. The van der Waals surface area contributed by atoms with Crippen LogP contribution in [0.1, 0.15) is 11.1 Å². The number of benzene rings is 2. The quantitative estimate of drug-likeness (QED) is 0.627. The Morgan fingerprint density at radius 1 is 0.970 bits per heavy atom. The van der Waals surface area contributed by atoms with E-state index in [-0.39, 0.29) is 0 Å². The number of halogens is 3. The topological polar surface area (TPSA) is 58.5 Å². The van der Waals surface area contributed by atoms with Gasteiger partial charge in [0.15, 0.2) is 0 Å². The summed E-state index contributed by atoms with van der Waals surface area (Å²) in [5.41, 5.74) is 2.93. The average molecular weight is 458 g/mol. The van der Waals surface area contributed by atoms with Gasteiger partial charge in [0, 0.05) is 37.6 Å². The molecule has 10 heteroatoms. The van der Waals surface area contributed by atoms with Crippen LogP contribution in [0.3, 0.4) is 0 Å². The van der Waals surface area contributed by atoms with Crippen LogP contribution in [0.25, 0.3) is 5.69 Å². The van der Waals surface area contributed by atoms with Crippen molar-refractivity contribution in [1.29, 1.82) is 0 Å². The van der Waals surface area contributed by atoms with Crippen LogP contribution in [0.4, 0.5) is 30.5 Å². The molecule has 2 aliphatic heterocycles. The normalized spacial score (nSPS) is 17.8. The highest BCUT2D eigenvalue weighted by Crippen LogP contribution is 2.30. The molecule has 2 aromatic carbocycles. The predicted octanol–water partition coefficient (Wildman–Crippen LogP) is 3.86. The SMILES string of the molecule is Cc1cc(Nc2ncn(-c3ccc(C(F)(F)F)cc3)n2)cc(N2CCN(C3COC3)CC2)c1. The zero-order chi connectivity index (χ0) is 23.0. The summed E-state index contributed by atoms with van der Waals surface area (Å²) in [7, 11) is 0. The maximum Gasteiger partial charge on any atom is 0.416 e. The third kappa shape index (κ3) is 4.81. The van der Waals surface area contributed by atoms with Gasteiger partial charge in [0.25, 0.3) is 0 Å². The highest BCUT2D eigenvalue weighted by molar-refractivity contribution is 5.64. The van der Waals surface area contributed by atoms with E-state index in [1.54, 1.807) is 0 Å². The zero-order valence-electron chi connectivity index (χ0n) is 18.2. The standard InChI is InChI=1S/C23H25F3N6O/c1-16-10-18(12-20(11-16)30-6-8-31(9-7-30)21-13-33-14-21)28-22-27-15-32(29-22)19-4-2-17(3-5-19)23(24,25)26/h2-5,10-12,15,21H,6-9,13-14H2,1H3,(H,28,29). The lowest BCUT2D eigenvalue weighted by atomic mass is 10.1. The molecule has 2 aliphatic rings. The van der Waals surface area contributed by atoms with E-state index in [1.165, 1.54) is 23.1 Å². The number of nitrogens with one attached hydrogen (secondary N) is 1. The van der Waals surface area contributed by atoms with Crippen molar-refractivity contribution in [2.24, 2.45) is 0 Å². The highest BCUT2D eigenvalue weighted by Gasteiger charge is 2.30. The van der Waals surface area contributed by atoms with E-state index < -0.39 is 11.7 Å². The Labute approximate surface area is 189 Å². The van der Waals surface area contributed by atoms with Crippen molar-refractivity contribution in [2.75, 3.05) is 49.6 Å². The molecular weight excluding hydrogens is 433 g/mol. The van der Waals surface area contributed by atoms with E-state index in [2.05, 4.69) is 37.3 Å². The smallest absolute Gasteiger partial charge is 0.378 e. The first-order chi connectivity index (χ1) is 15.8. The molecule has 0 saturated carbocycles. The first-order valence-electron chi connectivity index (χ1n) is 10.9. The minimum atomic E-state index is -4.37. The van der Waals surface area contributed by atoms with Crippen molar-refractivity contribution < 1.29 is 17.9 Å². The van der Waals surface area contributed by atoms with Gasteiger partial charge in [0.05, 0.1) is 30.5 Å². The summed E-state index contributed by atoms with van der Waals surface area (Å²) in [6, 6.07) is 11.7. The minimum absolute atomic E-state index is 0.376. The van der Waals surface area contributed by atoms with Crippen molar-refractivity contribution in [1.82, 2.24) is 19.7 Å². The lowest BCUT2D eigenvalue weighted by Crippen LogP contribution is -2.56. The van der Waals surface area contributed by atoms with Crippen LogP contribution < -0.4 is 10.2 Å². The molecular formula is C23H25F3N6O. The van der Waals surface area contributed by atoms with E-state index in [0.717, 1.165) is 68.5 Å². The number of aryl methyl sites for hydroxylation is 1. The van der Waals surface area contributed by atoms with Crippen LogP contribution in [0.15, 0.2) is 48.8 Å². The van der Waals surface area contributed by atoms with E-state index in [1.807, 2.05) is 13.0 Å². The molecule has 7 nitrogen and oxygen atoms in total. The van der Waals surface area contributed by atoms with Gasteiger partial charge >= 0.3 is 6.18 Å². The molecule has 0 radical (unpaired) electrons. The predicted molar refractivity (Wildman–Crippen MR) is 119 cm³/mol. The van der Waals surface area contributed by atoms with E-state index in [4.69, 9.17) is 4.74 Å².